The Hall–Kier alpha value is -5.45. The van der Waals surface area contributed by atoms with E-state index in [1.807, 2.05) is 48.7 Å². The molecule has 0 bridgehead atoms. The van der Waals surface area contributed by atoms with E-state index in [-0.39, 0.29) is 35.6 Å². The minimum absolute atomic E-state index is 0.0725. The summed E-state index contributed by atoms with van der Waals surface area (Å²) in [7, 11) is 0. The second-order valence-corrected chi connectivity index (χ2v) is 9.07. The quantitative estimate of drug-likeness (QED) is 0.0913. The number of nitrogen functional groups attached to an aromatic ring is 2. The molecule has 0 unspecified atom stereocenters. The molecule has 3 aromatic carbocycles. The topological polar surface area (TPSA) is 164 Å². The van der Waals surface area contributed by atoms with Crippen LogP contribution in [-0.4, -0.2) is 31.3 Å². The Labute approximate surface area is 236 Å². The lowest BCUT2D eigenvalue weighted by Gasteiger charge is -2.13. The minimum Gasteiger partial charge on any atom is -0.457 e. The molecule has 208 valence electrons. The van der Waals surface area contributed by atoms with E-state index >= 15 is 0 Å². The monoisotopic (exact) mass is 551 g/mol. The van der Waals surface area contributed by atoms with E-state index in [4.69, 9.17) is 36.1 Å². The number of imidazole rings is 1. The number of fused-ring (bicyclic) bond motifs is 1. The Morgan fingerprint density at radius 1 is 0.951 bits per heavy atom. The van der Waals surface area contributed by atoms with E-state index in [9.17, 15) is 4.79 Å². The molecule has 0 aliphatic heterocycles. The highest BCUT2D eigenvalue weighted by molar-refractivity contribution is 5.98. The third-order valence-corrected chi connectivity index (χ3v) is 6.25. The fourth-order valence-corrected chi connectivity index (χ4v) is 4.25. The van der Waals surface area contributed by atoms with Gasteiger partial charge in [-0.3, -0.25) is 5.41 Å². The highest BCUT2D eigenvalue weighted by Crippen LogP contribution is 2.33. The molecule has 0 radical (unpaired) electrons. The molecule has 0 atom stereocenters. The number of esters is 1. The molecule has 2 heterocycles. The fraction of sp³-hybridized carbons (Fsp3) is 0.167. The Morgan fingerprint density at radius 3 is 2.46 bits per heavy atom. The first-order valence-corrected chi connectivity index (χ1v) is 13.0. The number of nitrogens with two attached hydrogens (primary N) is 2. The molecule has 0 amide bonds. The van der Waals surface area contributed by atoms with Crippen LogP contribution in [0.15, 0.2) is 72.8 Å². The fourth-order valence-electron chi connectivity index (χ4n) is 4.25. The van der Waals surface area contributed by atoms with Gasteiger partial charge in [0, 0.05) is 30.3 Å². The summed E-state index contributed by atoms with van der Waals surface area (Å²) >= 11 is 0. The summed E-state index contributed by atoms with van der Waals surface area (Å²) in [6.07, 6.45) is 0.663. The lowest BCUT2D eigenvalue weighted by molar-refractivity contribution is 0.0469. The number of nitrogens with zero attached hydrogens (tertiary/aromatic N) is 4. The van der Waals surface area contributed by atoms with E-state index in [1.165, 1.54) is 12.1 Å². The zero-order chi connectivity index (χ0) is 28.9. The number of carbonyl (C=O) groups excluding carboxylic acids is 1. The highest BCUT2D eigenvalue weighted by atomic mass is 16.5. The number of aromatic nitrogens is 4. The van der Waals surface area contributed by atoms with Gasteiger partial charge in [0.2, 0.25) is 0 Å². The van der Waals surface area contributed by atoms with Crippen molar-refractivity contribution in [1.82, 2.24) is 19.5 Å². The van der Waals surface area contributed by atoms with Gasteiger partial charge >= 0.3 is 12.0 Å². The predicted octanol–water partition coefficient (Wildman–Crippen LogP) is 5.22. The van der Waals surface area contributed by atoms with Gasteiger partial charge in [-0.05, 0) is 36.8 Å². The maximum atomic E-state index is 13.1. The third kappa shape index (κ3) is 5.93. The van der Waals surface area contributed by atoms with E-state index in [0.717, 1.165) is 11.4 Å². The molecular formula is C30H29N7O4. The maximum absolute atomic E-state index is 13.1. The number of carbonyl (C=O) groups is 1. The standard InChI is InChI=1S/C30H29N7O4/c1-3-24-34-25-27(37(24)4-2)35-30(36-28(25)40-21-12-8-11-20(31)16-21)41-23-15-19(26(32)33)13-14-22(23)29(38)39-17-18-9-6-5-7-10-18/h5-16H,3-4,17,31H2,1-2H3,(H3,32,33). The van der Waals surface area contributed by atoms with Crippen LogP contribution in [0.4, 0.5) is 5.69 Å². The Kier molecular flexibility index (Phi) is 7.77. The number of ether oxygens (including phenoxy) is 3. The molecule has 41 heavy (non-hydrogen) atoms. The first-order chi connectivity index (χ1) is 19.9. The van der Waals surface area contributed by atoms with Gasteiger partial charge in [-0.2, -0.15) is 9.97 Å². The number of aryl methyl sites for hydroxylation is 2. The third-order valence-electron chi connectivity index (χ3n) is 6.25. The van der Waals surface area contributed by atoms with Crippen molar-refractivity contribution >= 4 is 28.7 Å². The number of anilines is 1. The molecule has 0 saturated carbocycles. The van der Waals surface area contributed by atoms with Crippen molar-refractivity contribution in [3.05, 3.63) is 95.3 Å². The van der Waals surface area contributed by atoms with Crippen LogP contribution in [0, 0.1) is 5.41 Å². The van der Waals surface area contributed by atoms with Crippen molar-refractivity contribution in [3.8, 4) is 23.4 Å². The molecule has 0 saturated heterocycles. The molecule has 5 aromatic rings. The molecule has 5 N–H and O–H groups in total. The number of nitrogens with one attached hydrogen (secondary N) is 1. The van der Waals surface area contributed by atoms with E-state index in [0.29, 0.717) is 41.1 Å². The van der Waals surface area contributed by atoms with E-state index in [1.54, 1.807) is 30.3 Å². The SMILES string of the molecule is CCc1nc2c(Oc3cccc(N)c3)nc(Oc3cc(C(=N)N)ccc3C(=O)OCc3ccccc3)nc2n1CC. The van der Waals surface area contributed by atoms with Gasteiger partial charge in [0.15, 0.2) is 11.2 Å². The Bertz CT molecular complexity index is 1730. The molecular weight excluding hydrogens is 522 g/mol. The molecule has 5 rings (SSSR count). The highest BCUT2D eigenvalue weighted by Gasteiger charge is 2.22. The smallest absolute Gasteiger partial charge is 0.342 e. The molecule has 0 spiro atoms. The van der Waals surface area contributed by atoms with Crippen molar-refractivity contribution in [3.63, 3.8) is 0 Å². The van der Waals surface area contributed by atoms with Gasteiger partial charge in [-0.1, -0.05) is 49.4 Å². The van der Waals surface area contributed by atoms with Gasteiger partial charge in [0.25, 0.3) is 5.88 Å². The molecule has 11 nitrogen and oxygen atoms in total. The number of benzene rings is 3. The lowest BCUT2D eigenvalue weighted by Crippen LogP contribution is -2.13. The van der Waals surface area contributed by atoms with Crippen LogP contribution in [0.25, 0.3) is 11.2 Å². The summed E-state index contributed by atoms with van der Waals surface area (Å²) in [5, 5.41) is 7.88. The number of hydrogen-bond donors (Lipinski definition) is 3. The largest absolute Gasteiger partial charge is 0.457 e. The molecule has 0 aliphatic rings. The van der Waals surface area contributed by atoms with Crippen molar-refractivity contribution < 1.29 is 19.0 Å². The van der Waals surface area contributed by atoms with Gasteiger partial charge in [0.1, 0.15) is 35.3 Å². The van der Waals surface area contributed by atoms with Crippen molar-refractivity contribution in [1.29, 1.82) is 5.41 Å². The molecule has 2 aromatic heterocycles. The summed E-state index contributed by atoms with van der Waals surface area (Å²) in [4.78, 5) is 27.0. The lowest BCUT2D eigenvalue weighted by atomic mass is 10.1. The summed E-state index contributed by atoms with van der Waals surface area (Å²) in [5.41, 5.74) is 14.5. The van der Waals surface area contributed by atoms with Crippen LogP contribution in [0.1, 0.15) is 41.2 Å². The van der Waals surface area contributed by atoms with E-state index in [2.05, 4.69) is 9.97 Å². The summed E-state index contributed by atoms with van der Waals surface area (Å²) in [5.74, 6) is 0.677. The number of rotatable bonds is 10. The van der Waals surface area contributed by atoms with Gasteiger partial charge < -0.3 is 30.2 Å². The van der Waals surface area contributed by atoms with Gasteiger partial charge in [0.05, 0.1) is 0 Å². The van der Waals surface area contributed by atoms with Crippen LogP contribution in [0.5, 0.6) is 23.4 Å². The predicted molar refractivity (Wildman–Crippen MR) is 154 cm³/mol. The minimum atomic E-state index is -0.622. The summed E-state index contributed by atoms with van der Waals surface area (Å²) in [6.45, 7) is 4.66. The van der Waals surface area contributed by atoms with Gasteiger partial charge in [-0.15, -0.1) is 0 Å². The zero-order valence-electron chi connectivity index (χ0n) is 22.6. The number of amidine groups is 1. The summed E-state index contributed by atoms with van der Waals surface area (Å²) < 4.78 is 19.7. The first kappa shape index (κ1) is 27.1. The Balaban J connectivity index is 1.56. The number of hydrogen-bond acceptors (Lipinski definition) is 9. The molecule has 11 heteroatoms. The second-order valence-electron chi connectivity index (χ2n) is 9.07. The molecule has 0 aliphatic carbocycles. The van der Waals surface area contributed by atoms with Crippen molar-refractivity contribution in [2.45, 2.75) is 33.4 Å². The first-order valence-electron chi connectivity index (χ1n) is 13.0. The van der Waals surface area contributed by atoms with Crippen molar-refractivity contribution in [2.75, 3.05) is 5.73 Å². The molecule has 0 fully saturated rings. The average molecular weight is 552 g/mol. The van der Waals surface area contributed by atoms with E-state index < -0.39 is 5.97 Å². The summed E-state index contributed by atoms with van der Waals surface area (Å²) in [6, 6.07) is 20.7. The zero-order valence-corrected chi connectivity index (χ0v) is 22.6. The second kappa shape index (κ2) is 11.7. The van der Waals surface area contributed by atoms with Crippen LogP contribution in [0.2, 0.25) is 0 Å². The maximum Gasteiger partial charge on any atom is 0.342 e. The van der Waals surface area contributed by atoms with Crippen LogP contribution >= 0.6 is 0 Å². The van der Waals surface area contributed by atoms with Crippen LogP contribution in [-0.2, 0) is 24.3 Å². The van der Waals surface area contributed by atoms with Crippen molar-refractivity contribution in [2.24, 2.45) is 5.73 Å². The normalized spacial score (nSPS) is 10.9. The van der Waals surface area contributed by atoms with Gasteiger partial charge in [-0.25, -0.2) is 9.78 Å². The van der Waals surface area contributed by atoms with Crippen LogP contribution in [0.3, 0.4) is 0 Å². The van der Waals surface area contributed by atoms with Crippen LogP contribution < -0.4 is 20.9 Å². The average Bonchev–Trinajstić information content (AvgIpc) is 3.34. The Morgan fingerprint density at radius 2 is 1.76 bits per heavy atom.